The molecule has 2 N–H and O–H groups in total. The number of rotatable bonds is 7. The molecule has 0 radical (unpaired) electrons. The monoisotopic (exact) mass is 297 g/mol. The van der Waals surface area contributed by atoms with E-state index in [1.165, 1.54) is 0 Å². The normalized spacial score (nSPS) is 27.7. The number of aromatic nitrogens is 2. The van der Waals surface area contributed by atoms with E-state index >= 15 is 0 Å². The van der Waals surface area contributed by atoms with Crippen molar-refractivity contribution >= 4 is 0 Å². The molecule has 1 aromatic rings. The summed E-state index contributed by atoms with van der Waals surface area (Å²) in [6, 6.07) is -0.238. The average molecular weight is 297 g/mol. The first-order valence-electron chi connectivity index (χ1n) is 7.75. The Morgan fingerprint density at radius 3 is 2.71 bits per heavy atom. The zero-order valence-electron chi connectivity index (χ0n) is 13.3. The number of hydrogen-bond acceptors (Lipinski definition) is 6. The van der Waals surface area contributed by atoms with Crippen LogP contribution in [0.4, 0.5) is 0 Å². The Bertz CT molecular complexity index is 428. The van der Waals surface area contributed by atoms with Gasteiger partial charge in [0.05, 0.1) is 6.04 Å². The fourth-order valence-electron chi connectivity index (χ4n) is 2.89. The molecule has 0 aromatic carbocycles. The molecule has 0 saturated heterocycles. The third-order valence-electron chi connectivity index (χ3n) is 4.50. The van der Waals surface area contributed by atoms with Gasteiger partial charge in [0, 0.05) is 20.8 Å². The second-order valence-corrected chi connectivity index (χ2v) is 6.08. The quantitative estimate of drug-likeness (QED) is 0.779. The predicted molar refractivity (Wildman–Crippen MR) is 78.7 cm³/mol. The van der Waals surface area contributed by atoms with E-state index in [2.05, 4.69) is 17.1 Å². The average Bonchev–Trinajstić information content (AvgIpc) is 2.99. The molecular weight excluding hydrogens is 270 g/mol. The van der Waals surface area contributed by atoms with E-state index in [-0.39, 0.29) is 6.04 Å². The second-order valence-electron chi connectivity index (χ2n) is 6.08. The Balaban J connectivity index is 2.03. The van der Waals surface area contributed by atoms with Crippen LogP contribution in [0.15, 0.2) is 4.52 Å². The van der Waals surface area contributed by atoms with Gasteiger partial charge in [-0.15, -0.1) is 0 Å². The summed E-state index contributed by atoms with van der Waals surface area (Å²) < 4.78 is 16.1. The summed E-state index contributed by atoms with van der Waals surface area (Å²) in [4.78, 5) is 4.51. The van der Waals surface area contributed by atoms with Crippen molar-refractivity contribution in [1.82, 2.24) is 10.1 Å². The van der Waals surface area contributed by atoms with Gasteiger partial charge in [0.1, 0.15) is 5.60 Å². The molecule has 6 nitrogen and oxygen atoms in total. The maximum Gasteiger partial charge on any atom is 0.243 e. The van der Waals surface area contributed by atoms with Crippen molar-refractivity contribution in [2.24, 2.45) is 11.7 Å². The highest BCUT2D eigenvalue weighted by molar-refractivity contribution is 5.05. The summed E-state index contributed by atoms with van der Waals surface area (Å²) >= 11 is 0. The molecule has 0 aliphatic heterocycles. The highest BCUT2D eigenvalue weighted by atomic mass is 16.5. The summed E-state index contributed by atoms with van der Waals surface area (Å²) in [5.74, 6) is 1.88. The fraction of sp³-hybridized carbons (Fsp3) is 0.867. The van der Waals surface area contributed by atoms with Gasteiger partial charge < -0.3 is 19.7 Å². The molecule has 1 aliphatic rings. The first kappa shape index (κ1) is 16.4. The highest BCUT2D eigenvalue weighted by Crippen LogP contribution is 2.40. The first-order valence-corrected chi connectivity index (χ1v) is 7.75. The number of nitrogens with two attached hydrogens (primary N) is 1. The van der Waals surface area contributed by atoms with E-state index in [9.17, 15) is 0 Å². The lowest BCUT2D eigenvalue weighted by molar-refractivity contribution is -0.0609. The van der Waals surface area contributed by atoms with Crippen molar-refractivity contribution in [1.29, 1.82) is 0 Å². The van der Waals surface area contributed by atoms with Gasteiger partial charge in [0.2, 0.25) is 11.7 Å². The van der Waals surface area contributed by atoms with E-state index in [1.54, 1.807) is 14.2 Å². The number of hydrogen-bond donors (Lipinski definition) is 1. The van der Waals surface area contributed by atoms with Crippen molar-refractivity contribution in [2.75, 3.05) is 20.8 Å². The molecule has 1 fully saturated rings. The fourth-order valence-corrected chi connectivity index (χ4v) is 2.89. The largest absolute Gasteiger partial charge is 0.385 e. The van der Waals surface area contributed by atoms with Crippen LogP contribution in [0.25, 0.3) is 0 Å². The Hall–Kier alpha value is -0.980. The lowest BCUT2D eigenvalue weighted by Crippen LogP contribution is -2.34. The lowest BCUT2D eigenvalue weighted by atomic mass is 9.79. The molecule has 1 atom stereocenters. The number of methoxy groups -OCH3 is 2. The molecule has 1 heterocycles. The molecule has 1 saturated carbocycles. The molecule has 2 rings (SSSR count). The van der Waals surface area contributed by atoms with Gasteiger partial charge in [0.25, 0.3) is 0 Å². The smallest absolute Gasteiger partial charge is 0.243 e. The van der Waals surface area contributed by atoms with Gasteiger partial charge in [-0.05, 0) is 44.4 Å². The number of nitrogens with zero attached hydrogens (tertiary/aromatic N) is 2. The third kappa shape index (κ3) is 3.81. The molecule has 1 aliphatic carbocycles. The predicted octanol–water partition coefficient (Wildman–Crippen LogP) is 2.55. The van der Waals surface area contributed by atoms with Crippen molar-refractivity contribution in [3.8, 4) is 0 Å². The summed E-state index contributed by atoms with van der Waals surface area (Å²) in [6.07, 6.45) is 5.76. The summed E-state index contributed by atoms with van der Waals surface area (Å²) in [5.41, 5.74) is 5.69. The second kappa shape index (κ2) is 7.33. The van der Waals surface area contributed by atoms with E-state index < -0.39 is 5.60 Å². The van der Waals surface area contributed by atoms with Crippen molar-refractivity contribution in [3.63, 3.8) is 0 Å². The Morgan fingerprint density at radius 1 is 1.38 bits per heavy atom. The SMILES string of the molecule is COCCCC(N)c1nc(C2(OC)CCC(C)CC2)no1. The molecule has 21 heavy (non-hydrogen) atoms. The lowest BCUT2D eigenvalue weighted by Gasteiger charge is -2.35. The van der Waals surface area contributed by atoms with E-state index in [1.807, 2.05) is 0 Å². The van der Waals surface area contributed by atoms with Gasteiger partial charge in [-0.1, -0.05) is 12.1 Å². The maximum absolute atomic E-state index is 6.09. The molecular formula is C15H27N3O3. The van der Waals surface area contributed by atoms with Crippen molar-refractivity contribution < 1.29 is 14.0 Å². The van der Waals surface area contributed by atoms with Gasteiger partial charge in [-0.25, -0.2) is 0 Å². The topological polar surface area (TPSA) is 83.4 Å². The number of ether oxygens (including phenoxy) is 2. The Morgan fingerprint density at radius 2 is 2.10 bits per heavy atom. The molecule has 6 heteroatoms. The molecule has 0 bridgehead atoms. The Kier molecular flexibility index (Phi) is 5.72. The molecule has 1 aromatic heterocycles. The van der Waals surface area contributed by atoms with Crippen LogP contribution >= 0.6 is 0 Å². The summed E-state index contributed by atoms with van der Waals surface area (Å²) in [7, 11) is 3.41. The summed E-state index contributed by atoms with van der Waals surface area (Å²) in [5, 5.41) is 4.13. The van der Waals surface area contributed by atoms with Crippen LogP contribution in [-0.2, 0) is 15.1 Å². The van der Waals surface area contributed by atoms with Gasteiger partial charge in [-0.3, -0.25) is 0 Å². The minimum atomic E-state index is -0.402. The van der Waals surface area contributed by atoms with Crippen LogP contribution in [-0.4, -0.2) is 31.0 Å². The van der Waals surface area contributed by atoms with Crippen LogP contribution in [0, 0.1) is 5.92 Å². The van der Waals surface area contributed by atoms with Crippen LogP contribution < -0.4 is 5.73 Å². The minimum Gasteiger partial charge on any atom is -0.385 e. The van der Waals surface area contributed by atoms with Crippen LogP contribution in [0.5, 0.6) is 0 Å². The molecule has 1 unspecified atom stereocenters. The van der Waals surface area contributed by atoms with E-state index in [0.717, 1.165) is 44.4 Å². The van der Waals surface area contributed by atoms with Crippen molar-refractivity contribution in [2.45, 2.75) is 57.1 Å². The standard InChI is InChI=1S/C15H27N3O3/c1-11-6-8-15(20-3,9-7-11)14-17-13(21-18-14)12(16)5-4-10-19-2/h11-12H,4-10,16H2,1-3H3. The van der Waals surface area contributed by atoms with Crippen LogP contribution in [0.3, 0.4) is 0 Å². The molecule has 120 valence electrons. The minimum absolute atomic E-state index is 0.238. The van der Waals surface area contributed by atoms with E-state index in [0.29, 0.717) is 18.3 Å². The van der Waals surface area contributed by atoms with Gasteiger partial charge in [0.15, 0.2) is 0 Å². The zero-order valence-corrected chi connectivity index (χ0v) is 13.3. The third-order valence-corrected chi connectivity index (χ3v) is 4.50. The first-order chi connectivity index (χ1) is 10.1. The zero-order chi connectivity index (χ0) is 15.3. The van der Waals surface area contributed by atoms with Gasteiger partial charge >= 0.3 is 0 Å². The van der Waals surface area contributed by atoms with Crippen LogP contribution in [0.2, 0.25) is 0 Å². The molecule has 0 spiro atoms. The highest BCUT2D eigenvalue weighted by Gasteiger charge is 2.40. The Labute approximate surface area is 126 Å². The summed E-state index contributed by atoms with van der Waals surface area (Å²) in [6.45, 7) is 2.96. The van der Waals surface area contributed by atoms with Gasteiger partial charge in [-0.2, -0.15) is 4.98 Å². The maximum atomic E-state index is 6.09. The van der Waals surface area contributed by atoms with Crippen LogP contribution in [0.1, 0.15) is 63.2 Å². The van der Waals surface area contributed by atoms with E-state index in [4.69, 9.17) is 19.7 Å². The van der Waals surface area contributed by atoms with Crippen molar-refractivity contribution in [3.05, 3.63) is 11.7 Å². The molecule has 0 amide bonds.